The molecule has 1 saturated heterocycles. The fraction of sp³-hybridized carbons (Fsp3) is 0.333. The fourth-order valence-corrected chi connectivity index (χ4v) is 4.07. The maximum Gasteiger partial charge on any atom is 0.229 e. The number of carbonyl (C=O) groups is 3. The van der Waals surface area contributed by atoms with Crippen molar-refractivity contribution >= 4 is 17.5 Å². The molecule has 6 heteroatoms. The Bertz CT molecular complexity index is 855. The molecule has 0 saturated carbocycles. The van der Waals surface area contributed by atoms with Crippen molar-refractivity contribution in [3.8, 4) is 0 Å². The molecule has 1 aromatic carbocycles. The summed E-state index contributed by atoms with van der Waals surface area (Å²) in [6.45, 7) is 1.17. The van der Waals surface area contributed by atoms with Gasteiger partial charge >= 0.3 is 0 Å². The van der Waals surface area contributed by atoms with Crippen LogP contribution in [0.25, 0.3) is 0 Å². The Morgan fingerprint density at radius 2 is 1.56 bits per heavy atom. The summed E-state index contributed by atoms with van der Waals surface area (Å²) in [6, 6.07) is 9.81. The Labute approximate surface area is 156 Å². The number of hydrogen-bond acceptors (Lipinski definition) is 5. The standard InChI is InChI=1S/C21H20N2O4/c24-18(13-7-9-22-10-8-13)17(21(27)23-11-3-4-12-23)16-19(25)14-5-1-2-6-15(14)20(16)26/h1-2,5-10,16-18,24H,3-4,11-12H2/t17-,18+/m1/s1. The van der Waals surface area contributed by atoms with Crippen molar-refractivity contribution in [3.05, 3.63) is 65.5 Å². The van der Waals surface area contributed by atoms with Crippen LogP contribution < -0.4 is 0 Å². The zero-order valence-electron chi connectivity index (χ0n) is 14.7. The number of ketones is 2. The molecular formula is C21H20N2O4. The first-order chi connectivity index (χ1) is 13.1. The van der Waals surface area contributed by atoms with Gasteiger partial charge in [-0.2, -0.15) is 0 Å². The zero-order chi connectivity index (χ0) is 19.0. The molecule has 1 amide bonds. The van der Waals surface area contributed by atoms with Crippen molar-refractivity contribution in [2.75, 3.05) is 13.1 Å². The van der Waals surface area contributed by atoms with Crippen LogP contribution >= 0.6 is 0 Å². The third-order valence-corrected chi connectivity index (χ3v) is 5.47. The number of nitrogens with zero attached hydrogens (tertiary/aromatic N) is 2. The fourth-order valence-electron chi connectivity index (χ4n) is 4.07. The lowest BCUT2D eigenvalue weighted by Gasteiger charge is -2.29. The summed E-state index contributed by atoms with van der Waals surface area (Å²) in [7, 11) is 0. The van der Waals surface area contributed by atoms with Gasteiger partial charge in [-0.05, 0) is 30.5 Å². The van der Waals surface area contributed by atoms with Gasteiger partial charge in [-0.1, -0.05) is 24.3 Å². The van der Waals surface area contributed by atoms with E-state index in [1.54, 1.807) is 41.3 Å². The highest BCUT2D eigenvalue weighted by Gasteiger charge is 2.50. The number of amides is 1. The van der Waals surface area contributed by atoms with Crippen LogP contribution in [0.3, 0.4) is 0 Å². The van der Waals surface area contributed by atoms with Gasteiger partial charge in [-0.3, -0.25) is 19.4 Å². The number of aliphatic hydroxyl groups is 1. The van der Waals surface area contributed by atoms with E-state index in [4.69, 9.17) is 0 Å². The van der Waals surface area contributed by atoms with Gasteiger partial charge in [0.15, 0.2) is 11.6 Å². The van der Waals surface area contributed by atoms with Gasteiger partial charge in [0.25, 0.3) is 0 Å². The lowest BCUT2D eigenvalue weighted by Crippen LogP contribution is -2.43. The molecule has 27 heavy (non-hydrogen) atoms. The number of rotatable bonds is 4. The Morgan fingerprint density at radius 1 is 1.00 bits per heavy atom. The van der Waals surface area contributed by atoms with Gasteiger partial charge in [-0.15, -0.1) is 0 Å². The van der Waals surface area contributed by atoms with E-state index in [1.807, 2.05) is 0 Å². The third kappa shape index (κ3) is 2.96. The van der Waals surface area contributed by atoms with Crippen LogP contribution in [0.15, 0.2) is 48.8 Å². The molecule has 0 bridgehead atoms. The van der Waals surface area contributed by atoms with Gasteiger partial charge in [0, 0.05) is 36.6 Å². The molecule has 0 unspecified atom stereocenters. The number of Topliss-reactive ketones (excluding diaryl/α,β-unsaturated/α-hetero) is 2. The summed E-state index contributed by atoms with van der Waals surface area (Å²) in [5.41, 5.74) is 1.13. The van der Waals surface area contributed by atoms with Crippen LogP contribution in [0.1, 0.15) is 45.2 Å². The second kappa shape index (κ2) is 7.04. The van der Waals surface area contributed by atoms with Crippen molar-refractivity contribution in [2.45, 2.75) is 18.9 Å². The van der Waals surface area contributed by atoms with Crippen LogP contribution in [0.4, 0.5) is 0 Å². The first kappa shape index (κ1) is 17.5. The number of benzene rings is 1. The Hall–Kier alpha value is -2.86. The van der Waals surface area contributed by atoms with Crippen LogP contribution in [0.5, 0.6) is 0 Å². The molecule has 1 aliphatic carbocycles. The molecule has 2 heterocycles. The molecule has 0 radical (unpaired) electrons. The van der Waals surface area contributed by atoms with Crippen molar-refractivity contribution in [2.24, 2.45) is 11.8 Å². The average molecular weight is 364 g/mol. The lowest BCUT2D eigenvalue weighted by molar-refractivity contribution is -0.139. The van der Waals surface area contributed by atoms with E-state index in [0.717, 1.165) is 12.8 Å². The number of aromatic nitrogens is 1. The molecule has 1 aromatic heterocycles. The van der Waals surface area contributed by atoms with E-state index in [1.165, 1.54) is 12.4 Å². The minimum absolute atomic E-state index is 0.327. The third-order valence-electron chi connectivity index (χ3n) is 5.47. The lowest BCUT2D eigenvalue weighted by atomic mass is 9.80. The number of aliphatic hydroxyl groups excluding tert-OH is 1. The molecule has 6 nitrogen and oxygen atoms in total. The van der Waals surface area contributed by atoms with E-state index in [-0.39, 0.29) is 17.5 Å². The highest BCUT2D eigenvalue weighted by Crippen LogP contribution is 2.39. The molecule has 1 aliphatic heterocycles. The van der Waals surface area contributed by atoms with Crippen LogP contribution in [0.2, 0.25) is 0 Å². The van der Waals surface area contributed by atoms with E-state index in [9.17, 15) is 19.5 Å². The molecule has 4 rings (SSSR count). The van der Waals surface area contributed by atoms with Crippen LogP contribution in [0, 0.1) is 11.8 Å². The Kier molecular flexibility index (Phi) is 4.58. The van der Waals surface area contributed by atoms with Crippen LogP contribution in [-0.4, -0.2) is 45.6 Å². The minimum Gasteiger partial charge on any atom is -0.388 e. The SMILES string of the molecule is O=C1c2ccccc2C(=O)C1[C@@H](C(=O)N1CCCC1)[C@@H](O)c1ccncc1. The van der Waals surface area contributed by atoms with Gasteiger partial charge in [0.1, 0.15) is 5.92 Å². The van der Waals surface area contributed by atoms with Gasteiger partial charge < -0.3 is 10.0 Å². The molecule has 2 aliphatic rings. The molecule has 1 N–H and O–H groups in total. The summed E-state index contributed by atoms with van der Waals surface area (Å²) in [5, 5.41) is 11.0. The normalized spacial score (nSPS) is 19.2. The highest BCUT2D eigenvalue weighted by atomic mass is 16.3. The average Bonchev–Trinajstić information content (AvgIpc) is 3.32. The summed E-state index contributed by atoms with van der Waals surface area (Å²) >= 11 is 0. The molecule has 0 spiro atoms. The molecule has 1 fully saturated rings. The second-order valence-corrected chi connectivity index (χ2v) is 7.04. The van der Waals surface area contributed by atoms with Crippen molar-refractivity contribution in [1.82, 2.24) is 9.88 Å². The predicted molar refractivity (Wildman–Crippen MR) is 97.1 cm³/mol. The summed E-state index contributed by atoms with van der Waals surface area (Å²) in [5.74, 6) is -3.45. The highest BCUT2D eigenvalue weighted by molar-refractivity contribution is 6.27. The predicted octanol–water partition coefficient (Wildman–Crippen LogP) is 2.05. The summed E-state index contributed by atoms with van der Waals surface area (Å²) < 4.78 is 0. The van der Waals surface area contributed by atoms with Gasteiger partial charge in [-0.25, -0.2) is 0 Å². The monoisotopic (exact) mass is 364 g/mol. The second-order valence-electron chi connectivity index (χ2n) is 7.04. The van der Waals surface area contributed by atoms with E-state index >= 15 is 0 Å². The number of likely N-dealkylation sites (tertiary alicyclic amines) is 1. The van der Waals surface area contributed by atoms with E-state index in [2.05, 4.69) is 4.98 Å². The summed E-state index contributed by atoms with van der Waals surface area (Å²) in [6.07, 6.45) is 3.55. The number of fused-ring (bicyclic) bond motifs is 1. The van der Waals surface area contributed by atoms with E-state index in [0.29, 0.717) is 29.8 Å². The maximum atomic E-state index is 13.2. The Morgan fingerprint density at radius 3 is 2.11 bits per heavy atom. The van der Waals surface area contributed by atoms with E-state index < -0.39 is 17.9 Å². The largest absolute Gasteiger partial charge is 0.388 e. The zero-order valence-corrected chi connectivity index (χ0v) is 14.7. The van der Waals surface area contributed by atoms with Crippen molar-refractivity contribution in [3.63, 3.8) is 0 Å². The first-order valence-corrected chi connectivity index (χ1v) is 9.14. The molecule has 2 atom stereocenters. The van der Waals surface area contributed by atoms with Gasteiger partial charge in [0.2, 0.25) is 5.91 Å². The first-order valence-electron chi connectivity index (χ1n) is 9.14. The molecule has 2 aromatic rings. The Balaban J connectivity index is 1.75. The number of hydrogen-bond donors (Lipinski definition) is 1. The number of carbonyl (C=O) groups excluding carboxylic acids is 3. The van der Waals surface area contributed by atoms with Crippen molar-refractivity contribution < 1.29 is 19.5 Å². The van der Waals surface area contributed by atoms with Crippen molar-refractivity contribution in [1.29, 1.82) is 0 Å². The minimum atomic E-state index is -1.26. The quantitative estimate of drug-likeness (QED) is 0.839. The van der Waals surface area contributed by atoms with Gasteiger partial charge in [0.05, 0.1) is 12.0 Å². The maximum absolute atomic E-state index is 13.2. The molecular weight excluding hydrogens is 344 g/mol. The smallest absolute Gasteiger partial charge is 0.229 e. The number of pyridine rings is 1. The van der Waals surface area contributed by atoms with Crippen LogP contribution in [-0.2, 0) is 4.79 Å². The molecule has 138 valence electrons. The summed E-state index contributed by atoms with van der Waals surface area (Å²) in [4.78, 5) is 44.8. The topological polar surface area (TPSA) is 87.6 Å².